The first-order valence-corrected chi connectivity index (χ1v) is 8.72. The van der Waals surface area contributed by atoms with Gasteiger partial charge < -0.3 is 25.3 Å². The fourth-order valence-corrected chi connectivity index (χ4v) is 2.37. The highest BCUT2D eigenvalue weighted by Gasteiger charge is 2.14. The van der Waals surface area contributed by atoms with Crippen LogP contribution in [0.1, 0.15) is 11.1 Å². The fourth-order valence-electron chi connectivity index (χ4n) is 2.24. The summed E-state index contributed by atoms with van der Waals surface area (Å²) in [5.74, 6) is 0.447. The largest absolute Gasteiger partial charge is 0.493 e. The van der Waals surface area contributed by atoms with Crippen LogP contribution in [-0.4, -0.2) is 38.1 Å². The molecule has 2 rings (SSSR count). The van der Waals surface area contributed by atoms with Gasteiger partial charge in [0, 0.05) is 12.1 Å². The second kappa shape index (κ2) is 10.7. The van der Waals surface area contributed by atoms with Crippen molar-refractivity contribution in [2.45, 2.75) is 6.54 Å². The Hall–Kier alpha value is -3.33. The van der Waals surface area contributed by atoms with Crippen LogP contribution in [-0.2, 0) is 11.3 Å². The van der Waals surface area contributed by atoms with E-state index in [9.17, 15) is 4.79 Å². The summed E-state index contributed by atoms with van der Waals surface area (Å²) in [7, 11) is 2.96. The molecule has 0 aliphatic rings. The van der Waals surface area contributed by atoms with Gasteiger partial charge in [-0.2, -0.15) is 5.10 Å². The number of rotatable bonds is 9. The maximum atomic E-state index is 11.0. The Balaban J connectivity index is 2.00. The quantitative estimate of drug-likeness (QED) is 0.332. The van der Waals surface area contributed by atoms with E-state index in [1.165, 1.54) is 14.2 Å². The molecular weight excluding hydrogens is 380 g/mol. The minimum atomic E-state index is -0.601. The monoisotopic (exact) mass is 402 g/mol. The standard InChI is InChI=1S/C19H22N4O4S/c1-25-15-8-14(9-16(26-2)18(15)27-12-17(20)24)11-22-23-19(28)21-10-13-6-4-3-5-7-13/h3-9,11H,10,12H2,1-2H3,(H2,20,24)(H2,21,23,28)/b22-11-. The molecule has 28 heavy (non-hydrogen) atoms. The van der Waals surface area contributed by atoms with Crippen LogP contribution in [0, 0.1) is 0 Å². The van der Waals surface area contributed by atoms with Crippen molar-refractivity contribution in [3.05, 3.63) is 53.6 Å². The van der Waals surface area contributed by atoms with Crippen molar-refractivity contribution in [1.29, 1.82) is 0 Å². The molecule has 4 N–H and O–H groups in total. The predicted octanol–water partition coefficient (Wildman–Crippen LogP) is 1.57. The first-order chi connectivity index (χ1) is 13.5. The van der Waals surface area contributed by atoms with Gasteiger partial charge in [-0.1, -0.05) is 30.3 Å². The van der Waals surface area contributed by atoms with E-state index in [0.29, 0.717) is 28.7 Å². The van der Waals surface area contributed by atoms with Crippen LogP contribution in [0.15, 0.2) is 47.6 Å². The zero-order chi connectivity index (χ0) is 20.4. The highest BCUT2D eigenvalue weighted by molar-refractivity contribution is 7.80. The second-order valence-electron chi connectivity index (χ2n) is 5.55. The third-order valence-electron chi connectivity index (χ3n) is 3.52. The van der Waals surface area contributed by atoms with Crippen molar-refractivity contribution < 1.29 is 19.0 Å². The molecule has 0 spiro atoms. The second-order valence-corrected chi connectivity index (χ2v) is 5.96. The average molecular weight is 402 g/mol. The number of primary amides is 1. The van der Waals surface area contributed by atoms with E-state index in [1.54, 1.807) is 18.3 Å². The Morgan fingerprint density at radius 2 is 1.82 bits per heavy atom. The molecule has 0 bridgehead atoms. The number of nitrogens with two attached hydrogens (primary N) is 1. The number of carbonyl (C=O) groups is 1. The van der Waals surface area contributed by atoms with Gasteiger partial charge in [-0.05, 0) is 29.9 Å². The van der Waals surface area contributed by atoms with E-state index in [0.717, 1.165) is 5.56 Å². The number of ether oxygens (including phenoxy) is 3. The third kappa shape index (κ3) is 6.44. The Morgan fingerprint density at radius 3 is 2.39 bits per heavy atom. The van der Waals surface area contributed by atoms with Crippen LogP contribution in [0.5, 0.6) is 17.2 Å². The van der Waals surface area contributed by atoms with E-state index >= 15 is 0 Å². The molecule has 0 fully saturated rings. The number of methoxy groups -OCH3 is 2. The van der Waals surface area contributed by atoms with Gasteiger partial charge in [0.25, 0.3) is 5.91 Å². The number of amides is 1. The van der Waals surface area contributed by atoms with E-state index in [1.807, 2.05) is 30.3 Å². The van der Waals surface area contributed by atoms with Crippen LogP contribution >= 0.6 is 12.2 Å². The summed E-state index contributed by atoms with van der Waals surface area (Å²) in [5, 5.41) is 7.55. The van der Waals surface area contributed by atoms with Gasteiger partial charge in [0.2, 0.25) is 5.75 Å². The number of hydrazone groups is 1. The molecule has 0 saturated heterocycles. The molecule has 9 heteroatoms. The van der Waals surface area contributed by atoms with Gasteiger partial charge in [-0.3, -0.25) is 10.2 Å². The molecule has 8 nitrogen and oxygen atoms in total. The lowest BCUT2D eigenvalue weighted by atomic mass is 10.2. The summed E-state index contributed by atoms with van der Waals surface area (Å²) in [5.41, 5.74) is 9.65. The lowest BCUT2D eigenvalue weighted by Gasteiger charge is -2.14. The normalized spacial score (nSPS) is 10.4. The van der Waals surface area contributed by atoms with Gasteiger partial charge in [0.15, 0.2) is 23.2 Å². The minimum absolute atomic E-state index is 0.286. The van der Waals surface area contributed by atoms with Crippen molar-refractivity contribution in [2.75, 3.05) is 20.8 Å². The van der Waals surface area contributed by atoms with Crippen LogP contribution in [0.25, 0.3) is 0 Å². The summed E-state index contributed by atoms with van der Waals surface area (Å²) in [6.07, 6.45) is 1.55. The number of benzene rings is 2. The topological polar surface area (TPSA) is 107 Å². The Morgan fingerprint density at radius 1 is 1.18 bits per heavy atom. The molecule has 2 aromatic rings. The first kappa shape index (κ1) is 21.0. The highest BCUT2D eigenvalue weighted by atomic mass is 32.1. The molecule has 0 aliphatic carbocycles. The molecule has 148 valence electrons. The number of carbonyl (C=O) groups excluding carboxylic acids is 1. The number of thiocarbonyl (C=S) groups is 1. The summed E-state index contributed by atoms with van der Waals surface area (Å²) in [4.78, 5) is 11.0. The van der Waals surface area contributed by atoms with Crippen molar-refractivity contribution in [3.63, 3.8) is 0 Å². The number of nitrogens with one attached hydrogen (secondary N) is 2. The zero-order valence-electron chi connectivity index (χ0n) is 15.6. The van der Waals surface area contributed by atoms with E-state index < -0.39 is 5.91 Å². The van der Waals surface area contributed by atoms with Crippen LogP contribution in [0.4, 0.5) is 0 Å². The predicted molar refractivity (Wildman–Crippen MR) is 111 cm³/mol. The number of nitrogens with zero attached hydrogens (tertiary/aromatic N) is 1. The van der Waals surface area contributed by atoms with E-state index in [4.69, 9.17) is 32.2 Å². The van der Waals surface area contributed by atoms with Gasteiger partial charge >= 0.3 is 0 Å². The van der Waals surface area contributed by atoms with Gasteiger partial charge in [0.05, 0.1) is 20.4 Å². The SMILES string of the molecule is COc1cc(/C=N\NC(=S)NCc2ccccc2)cc(OC)c1OCC(N)=O. The molecule has 0 radical (unpaired) electrons. The molecule has 0 heterocycles. The zero-order valence-corrected chi connectivity index (χ0v) is 16.4. The van der Waals surface area contributed by atoms with Crippen LogP contribution < -0.4 is 30.7 Å². The Labute approximate surface area is 168 Å². The average Bonchev–Trinajstić information content (AvgIpc) is 2.71. The molecule has 0 saturated carbocycles. The molecule has 0 unspecified atom stereocenters. The van der Waals surface area contributed by atoms with Crippen molar-refractivity contribution in [3.8, 4) is 17.2 Å². The highest BCUT2D eigenvalue weighted by Crippen LogP contribution is 2.38. The van der Waals surface area contributed by atoms with Gasteiger partial charge in [0.1, 0.15) is 0 Å². The smallest absolute Gasteiger partial charge is 0.255 e. The molecule has 1 amide bonds. The summed E-state index contributed by atoms with van der Waals surface area (Å²) in [6.45, 7) is 0.304. The van der Waals surface area contributed by atoms with Crippen molar-refractivity contribution in [1.82, 2.24) is 10.7 Å². The van der Waals surface area contributed by atoms with E-state index in [2.05, 4.69) is 15.8 Å². The Kier molecular flexibility index (Phi) is 8.04. The molecular formula is C19H22N4O4S. The van der Waals surface area contributed by atoms with Gasteiger partial charge in [-0.25, -0.2) is 0 Å². The Bertz CT molecular complexity index is 818. The molecule has 0 aromatic heterocycles. The summed E-state index contributed by atoms with van der Waals surface area (Å²) < 4.78 is 16.0. The number of hydrogen-bond donors (Lipinski definition) is 3. The summed E-state index contributed by atoms with van der Waals surface area (Å²) in [6, 6.07) is 13.2. The summed E-state index contributed by atoms with van der Waals surface area (Å²) >= 11 is 5.20. The maximum Gasteiger partial charge on any atom is 0.255 e. The molecule has 0 atom stereocenters. The van der Waals surface area contributed by atoms with Crippen molar-refractivity contribution >= 4 is 29.5 Å². The molecule has 0 aliphatic heterocycles. The van der Waals surface area contributed by atoms with Crippen molar-refractivity contribution in [2.24, 2.45) is 10.8 Å². The third-order valence-corrected chi connectivity index (χ3v) is 3.75. The van der Waals surface area contributed by atoms with Gasteiger partial charge in [-0.15, -0.1) is 0 Å². The first-order valence-electron chi connectivity index (χ1n) is 8.31. The lowest BCUT2D eigenvalue weighted by molar-refractivity contribution is -0.119. The lowest BCUT2D eigenvalue weighted by Crippen LogP contribution is -2.31. The van der Waals surface area contributed by atoms with Crippen LogP contribution in [0.3, 0.4) is 0 Å². The fraction of sp³-hybridized carbons (Fsp3) is 0.211. The molecule has 2 aromatic carbocycles. The van der Waals surface area contributed by atoms with E-state index in [-0.39, 0.29) is 12.4 Å². The maximum absolute atomic E-state index is 11.0. The number of hydrogen-bond acceptors (Lipinski definition) is 6. The minimum Gasteiger partial charge on any atom is -0.493 e. The van der Waals surface area contributed by atoms with Crippen LogP contribution in [0.2, 0.25) is 0 Å².